The van der Waals surface area contributed by atoms with Crippen LogP contribution in [0, 0.1) is 0 Å². The Morgan fingerprint density at radius 1 is 0.952 bits per heavy atom. The molecule has 0 bridgehead atoms. The molecule has 0 spiro atoms. The van der Waals surface area contributed by atoms with E-state index in [9.17, 15) is 24.3 Å². The smallest absolute Gasteiger partial charge is 0.481 e. The molecule has 2 amide bonds. The van der Waals surface area contributed by atoms with Crippen LogP contribution in [0.15, 0.2) is 82.6 Å². The third kappa shape index (κ3) is 8.79. The summed E-state index contributed by atoms with van der Waals surface area (Å²) in [6, 6.07) is 21.6. The number of carboxylic acids is 1. The average Bonchev–Trinajstić information content (AvgIpc) is 3.00. The van der Waals surface area contributed by atoms with Crippen LogP contribution < -0.4 is 5.32 Å². The maximum absolute atomic E-state index is 13.5. The molecule has 1 aliphatic rings. The first-order valence-electron chi connectivity index (χ1n) is 13.5. The standard InChI is InChI=1S/C30H32N4O7S/c1-2-40-30(39)41-34-17-15-33(16-18-34)29(38)24(13-14-27(35)36)32-28(37)26-20-23(42-22-11-7-4-8-12-22)19-25(31-26)21-9-5-3-6-10-21/h3-12,19-20,24H,2,13-18H2,1H3,(H,32,37)(H,35,36)/t24-/m0/s1. The Labute approximate surface area is 247 Å². The summed E-state index contributed by atoms with van der Waals surface area (Å²) < 4.78 is 4.78. The van der Waals surface area contributed by atoms with Crippen molar-refractivity contribution < 1.29 is 33.9 Å². The molecule has 1 atom stereocenters. The monoisotopic (exact) mass is 592 g/mol. The molecule has 1 aliphatic heterocycles. The molecule has 2 heterocycles. The van der Waals surface area contributed by atoms with Crippen molar-refractivity contribution in [2.24, 2.45) is 0 Å². The van der Waals surface area contributed by atoms with Gasteiger partial charge in [0.25, 0.3) is 5.91 Å². The Balaban J connectivity index is 1.52. The van der Waals surface area contributed by atoms with E-state index < -0.39 is 30.0 Å². The van der Waals surface area contributed by atoms with Crippen LogP contribution in [0.4, 0.5) is 4.79 Å². The van der Waals surface area contributed by atoms with Gasteiger partial charge in [0.2, 0.25) is 5.91 Å². The molecule has 0 aliphatic carbocycles. The predicted molar refractivity (Wildman–Crippen MR) is 155 cm³/mol. The predicted octanol–water partition coefficient (Wildman–Crippen LogP) is 4.10. The van der Waals surface area contributed by atoms with Crippen molar-refractivity contribution in [3.8, 4) is 11.3 Å². The lowest BCUT2D eigenvalue weighted by Gasteiger charge is -2.35. The summed E-state index contributed by atoms with van der Waals surface area (Å²) in [5.41, 5.74) is 1.52. The van der Waals surface area contributed by atoms with Crippen LogP contribution >= 0.6 is 11.8 Å². The summed E-state index contributed by atoms with van der Waals surface area (Å²) in [7, 11) is 0. The van der Waals surface area contributed by atoms with E-state index in [-0.39, 0.29) is 51.3 Å². The van der Waals surface area contributed by atoms with E-state index in [0.29, 0.717) is 5.69 Å². The van der Waals surface area contributed by atoms with Gasteiger partial charge in [-0.2, -0.15) is 0 Å². The summed E-state index contributed by atoms with van der Waals surface area (Å²) in [4.78, 5) is 62.9. The zero-order valence-corrected chi connectivity index (χ0v) is 23.9. The number of piperazine rings is 1. The van der Waals surface area contributed by atoms with E-state index >= 15 is 0 Å². The molecule has 1 aromatic heterocycles. The second-order valence-electron chi connectivity index (χ2n) is 9.34. The molecule has 12 heteroatoms. The van der Waals surface area contributed by atoms with Gasteiger partial charge in [-0.3, -0.25) is 14.4 Å². The molecular formula is C30H32N4O7S. The minimum absolute atomic E-state index is 0.0938. The summed E-state index contributed by atoms with van der Waals surface area (Å²) in [6.45, 7) is 2.77. The highest BCUT2D eigenvalue weighted by atomic mass is 32.2. The van der Waals surface area contributed by atoms with E-state index in [4.69, 9.17) is 9.57 Å². The summed E-state index contributed by atoms with van der Waals surface area (Å²) >= 11 is 1.48. The van der Waals surface area contributed by atoms with Gasteiger partial charge in [-0.25, -0.2) is 9.78 Å². The number of hydrogen-bond donors (Lipinski definition) is 2. The van der Waals surface area contributed by atoms with E-state index in [2.05, 4.69) is 10.3 Å². The van der Waals surface area contributed by atoms with E-state index in [0.717, 1.165) is 15.4 Å². The van der Waals surface area contributed by atoms with Crippen LogP contribution in [0.3, 0.4) is 0 Å². The van der Waals surface area contributed by atoms with Crippen molar-refractivity contribution >= 4 is 35.7 Å². The third-order valence-electron chi connectivity index (χ3n) is 6.35. The fourth-order valence-corrected chi connectivity index (χ4v) is 5.20. The summed E-state index contributed by atoms with van der Waals surface area (Å²) in [6.07, 6.45) is -1.22. The quantitative estimate of drug-likeness (QED) is 0.313. The van der Waals surface area contributed by atoms with Crippen LogP contribution in [-0.4, -0.2) is 82.8 Å². The van der Waals surface area contributed by atoms with E-state index in [1.165, 1.54) is 21.7 Å². The van der Waals surface area contributed by atoms with Crippen molar-refractivity contribution in [2.45, 2.75) is 35.6 Å². The lowest BCUT2D eigenvalue weighted by molar-refractivity contribution is -0.157. The van der Waals surface area contributed by atoms with Gasteiger partial charge in [-0.15, -0.1) is 5.06 Å². The number of hydrogen-bond acceptors (Lipinski definition) is 9. The number of carbonyl (C=O) groups is 4. The fraction of sp³-hybridized carbons (Fsp3) is 0.300. The normalized spacial score (nSPS) is 14.1. The fourth-order valence-electron chi connectivity index (χ4n) is 4.29. The van der Waals surface area contributed by atoms with Crippen LogP contribution in [0.2, 0.25) is 0 Å². The van der Waals surface area contributed by atoms with Gasteiger partial charge in [0.05, 0.1) is 25.4 Å². The zero-order chi connectivity index (χ0) is 29.9. The molecule has 0 unspecified atom stereocenters. The highest BCUT2D eigenvalue weighted by Gasteiger charge is 2.31. The van der Waals surface area contributed by atoms with Crippen molar-refractivity contribution in [2.75, 3.05) is 32.8 Å². The Morgan fingerprint density at radius 2 is 1.62 bits per heavy atom. The van der Waals surface area contributed by atoms with Gasteiger partial charge in [0.1, 0.15) is 11.7 Å². The molecule has 4 rings (SSSR count). The Bertz CT molecular complexity index is 1380. The van der Waals surface area contributed by atoms with Crippen LogP contribution in [0.5, 0.6) is 0 Å². The number of nitrogens with one attached hydrogen (secondary N) is 1. The van der Waals surface area contributed by atoms with Gasteiger partial charge in [0.15, 0.2) is 0 Å². The van der Waals surface area contributed by atoms with Gasteiger partial charge in [-0.1, -0.05) is 60.3 Å². The molecule has 0 radical (unpaired) electrons. The molecule has 3 aromatic rings. The Hall–Kier alpha value is -4.42. The molecule has 220 valence electrons. The maximum atomic E-state index is 13.5. The van der Waals surface area contributed by atoms with Gasteiger partial charge < -0.3 is 24.9 Å². The second kappa shape index (κ2) is 15.0. The molecule has 1 fully saturated rings. The molecule has 11 nitrogen and oxygen atoms in total. The molecule has 42 heavy (non-hydrogen) atoms. The van der Waals surface area contributed by atoms with Crippen molar-refractivity contribution in [1.29, 1.82) is 0 Å². The first kappa shape index (κ1) is 30.5. The summed E-state index contributed by atoms with van der Waals surface area (Å²) in [5, 5.41) is 13.4. The summed E-state index contributed by atoms with van der Waals surface area (Å²) in [5.74, 6) is -2.09. The Morgan fingerprint density at radius 3 is 2.26 bits per heavy atom. The number of carbonyl (C=O) groups excluding carboxylic acids is 3. The molecule has 2 aromatic carbocycles. The molecule has 1 saturated heterocycles. The number of nitrogens with zero attached hydrogens (tertiary/aromatic N) is 3. The van der Waals surface area contributed by atoms with Crippen molar-refractivity contribution in [3.05, 3.63) is 78.5 Å². The third-order valence-corrected chi connectivity index (χ3v) is 7.33. The number of aromatic nitrogens is 1. The zero-order valence-electron chi connectivity index (χ0n) is 23.1. The largest absolute Gasteiger partial charge is 0.527 e. The second-order valence-corrected chi connectivity index (χ2v) is 10.5. The van der Waals surface area contributed by atoms with E-state index in [1.807, 2.05) is 66.7 Å². The molecular weight excluding hydrogens is 560 g/mol. The highest BCUT2D eigenvalue weighted by Crippen LogP contribution is 2.31. The number of aliphatic carboxylic acids is 1. The topological polar surface area (TPSA) is 138 Å². The lowest BCUT2D eigenvalue weighted by atomic mass is 10.1. The highest BCUT2D eigenvalue weighted by molar-refractivity contribution is 7.99. The van der Waals surface area contributed by atoms with Gasteiger partial charge in [0, 0.05) is 34.9 Å². The molecule has 0 saturated carbocycles. The van der Waals surface area contributed by atoms with E-state index in [1.54, 1.807) is 13.0 Å². The van der Waals surface area contributed by atoms with Gasteiger partial charge in [-0.05, 0) is 37.6 Å². The van der Waals surface area contributed by atoms with Crippen molar-refractivity contribution in [3.63, 3.8) is 0 Å². The lowest BCUT2D eigenvalue weighted by Crippen LogP contribution is -2.55. The minimum atomic E-state index is -1.08. The average molecular weight is 593 g/mol. The number of benzene rings is 2. The minimum Gasteiger partial charge on any atom is -0.481 e. The van der Waals surface area contributed by atoms with Gasteiger partial charge >= 0.3 is 12.1 Å². The Kier molecular flexibility index (Phi) is 10.9. The molecule has 2 N–H and O–H groups in total. The number of amides is 2. The number of rotatable bonds is 11. The number of pyridine rings is 1. The first-order valence-corrected chi connectivity index (χ1v) is 14.4. The first-order chi connectivity index (χ1) is 20.3. The SMILES string of the molecule is CCOC(=O)ON1CCN(C(=O)[C@H](CCC(=O)O)NC(=O)c2cc(Sc3ccccc3)cc(-c3ccccc3)n2)CC1. The number of carboxylic acid groups (broad SMARTS) is 1. The maximum Gasteiger partial charge on any atom is 0.527 e. The van der Waals surface area contributed by atoms with Crippen LogP contribution in [0.1, 0.15) is 30.3 Å². The van der Waals surface area contributed by atoms with Crippen molar-refractivity contribution in [1.82, 2.24) is 20.3 Å². The number of ether oxygens (including phenoxy) is 1. The number of hydroxylamine groups is 2. The van der Waals surface area contributed by atoms with Crippen LogP contribution in [-0.2, 0) is 19.2 Å². The van der Waals surface area contributed by atoms with Crippen LogP contribution in [0.25, 0.3) is 11.3 Å².